The number of hydrogen-bond donors (Lipinski definition) is 2. The molecule has 8 heteroatoms. The highest BCUT2D eigenvalue weighted by atomic mass is 35.5. The van der Waals surface area contributed by atoms with Gasteiger partial charge in [-0.3, -0.25) is 9.36 Å². The molecule has 0 unspecified atom stereocenters. The van der Waals surface area contributed by atoms with E-state index in [1.54, 1.807) is 0 Å². The van der Waals surface area contributed by atoms with Crippen molar-refractivity contribution in [2.45, 2.75) is 19.1 Å². The lowest BCUT2D eigenvalue weighted by Gasteiger charge is -2.21. The molecular weight excluding hydrogens is 434 g/mol. The van der Waals surface area contributed by atoms with Crippen molar-refractivity contribution in [1.82, 2.24) is 9.55 Å². The number of nitrogens with zero attached hydrogens (tertiary/aromatic N) is 3. The molecule has 1 saturated heterocycles. The summed E-state index contributed by atoms with van der Waals surface area (Å²) >= 11 is 7.38. The van der Waals surface area contributed by atoms with Gasteiger partial charge in [0.1, 0.15) is 11.0 Å². The number of rotatable bonds is 4. The molecule has 4 aromatic rings. The predicted molar refractivity (Wildman–Crippen MR) is 124 cm³/mol. The lowest BCUT2D eigenvalue weighted by Crippen LogP contribution is -2.23. The van der Waals surface area contributed by atoms with Crippen LogP contribution in [0.3, 0.4) is 0 Å². The van der Waals surface area contributed by atoms with Crippen LogP contribution in [0.25, 0.3) is 26.3 Å². The van der Waals surface area contributed by atoms with Gasteiger partial charge in [-0.1, -0.05) is 23.7 Å². The van der Waals surface area contributed by atoms with Gasteiger partial charge in [0.05, 0.1) is 23.9 Å². The van der Waals surface area contributed by atoms with E-state index in [4.69, 9.17) is 11.6 Å². The van der Waals surface area contributed by atoms with E-state index in [0.717, 1.165) is 22.7 Å². The fraction of sp³-hybridized carbons (Fsp3) is 0.217. The van der Waals surface area contributed by atoms with E-state index in [0.29, 0.717) is 39.5 Å². The Kier molecular flexibility index (Phi) is 5.27. The first-order valence-corrected chi connectivity index (χ1v) is 11.2. The summed E-state index contributed by atoms with van der Waals surface area (Å²) in [6.07, 6.45) is 1.88. The van der Waals surface area contributed by atoms with E-state index >= 15 is 0 Å². The van der Waals surface area contributed by atoms with Crippen molar-refractivity contribution in [3.8, 4) is 16.1 Å². The quantitative estimate of drug-likeness (QED) is 0.491. The molecule has 0 aliphatic carbocycles. The van der Waals surface area contributed by atoms with Gasteiger partial charge in [-0.15, -0.1) is 11.3 Å². The van der Waals surface area contributed by atoms with Gasteiger partial charge >= 0.3 is 0 Å². The van der Waals surface area contributed by atoms with Crippen molar-refractivity contribution < 1.29 is 10.2 Å². The number of aliphatic hydroxyl groups is 2. The lowest BCUT2D eigenvalue weighted by atomic mass is 10.1. The number of β-amino-alcohol motifs (C(OH)–C–C–N with tert-alkyl or cyclic N) is 1. The van der Waals surface area contributed by atoms with Crippen LogP contribution in [0, 0.1) is 0 Å². The number of aliphatic hydroxyl groups excluding tert-OH is 2. The first kappa shape index (κ1) is 20.2. The summed E-state index contributed by atoms with van der Waals surface area (Å²) in [5.41, 5.74) is 3.73. The van der Waals surface area contributed by atoms with Gasteiger partial charge in [0.2, 0.25) is 0 Å². The third kappa shape index (κ3) is 3.74. The number of hydrogen-bond acceptors (Lipinski definition) is 6. The van der Waals surface area contributed by atoms with Crippen molar-refractivity contribution in [3.63, 3.8) is 0 Å². The SMILES string of the molecule is O=c1c2sc(-c3ccc(Cl)cc3)cc2ncn1-c1ccc(N2CC[C@@H](O)C2)c(CO)c1. The zero-order chi connectivity index (χ0) is 21.5. The van der Waals surface area contributed by atoms with Gasteiger partial charge in [0, 0.05) is 34.2 Å². The average Bonchev–Trinajstić information content (AvgIpc) is 3.41. The van der Waals surface area contributed by atoms with Crippen LogP contribution >= 0.6 is 22.9 Å². The van der Waals surface area contributed by atoms with Gasteiger partial charge < -0.3 is 15.1 Å². The highest BCUT2D eigenvalue weighted by molar-refractivity contribution is 7.22. The molecule has 2 aromatic heterocycles. The topological polar surface area (TPSA) is 78.6 Å². The average molecular weight is 454 g/mol. The van der Waals surface area contributed by atoms with Crippen molar-refractivity contribution in [2.75, 3.05) is 18.0 Å². The van der Waals surface area contributed by atoms with Crippen molar-refractivity contribution >= 4 is 38.8 Å². The largest absolute Gasteiger partial charge is 0.392 e. The number of aromatic nitrogens is 2. The highest BCUT2D eigenvalue weighted by Gasteiger charge is 2.22. The Balaban J connectivity index is 1.55. The van der Waals surface area contributed by atoms with Gasteiger partial charge in [-0.05, 0) is 48.4 Å². The minimum atomic E-state index is -0.353. The molecule has 31 heavy (non-hydrogen) atoms. The molecule has 1 fully saturated rings. The van der Waals surface area contributed by atoms with Crippen LogP contribution in [-0.2, 0) is 6.61 Å². The zero-order valence-corrected chi connectivity index (χ0v) is 18.1. The monoisotopic (exact) mass is 453 g/mol. The smallest absolute Gasteiger partial charge is 0.275 e. The van der Waals surface area contributed by atoms with Crippen LogP contribution in [0.5, 0.6) is 0 Å². The molecule has 0 spiro atoms. The molecule has 0 amide bonds. The molecule has 0 saturated carbocycles. The fourth-order valence-electron chi connectivity index (χ4n) is 3.97. The summed E-state index contributed by atoms with van der Waals surface area (Å²) in [6, 6.07) is 15.0. The second-order valence-electron chi connectivity index (χ2n) is 7.61. The third-order valence-corrected chi connectivity index (χ3v) is 7.00. The van der Waals surface area contributed by atoms with E-state index in [9.17, 15) is 15.0 Å². The number of anilines is 1. The Morgan fingerprint density at radius 1 is 1.16 bits per heavy atom. The third-order valence-electron chi connectivity index (χ3n) is 5.58. The van der Waals surface area contributed by atoms with Gasteiger partial charge in [-0.2, -0.15) is 0 Å². The molecule has 6 nitrogen and oxygen atoms in total. The minimum Gasteiger partial charge on any atom is -0.392 e. The summed E-state index contributed by atoms with van der Waals surface area (Å²) in [5, 5.41) is 20.4. The first-order valence-electron chi connectivity index (χ1n) is 9.98. The second kappa shape index (κ2) is 8.09. The number of thiophene rings is 1. The highest BCUT2D eigenvalue weighted by Crippen LogP contribution is 2.32. The van der Waals surface area contributed by atoms with E-state index < -0.39 is 0 Å². The van der Waals surface area contributed by atoms with E-state index in [1.807, 2.05) is 48.5 Å². The Morgan fingerprint density at radius 3 is 2.68 bits per heavy atom. The van der Waals surface area contributed by atoms with Crippen LogP contribution in [0.2, 0.25) is 5.02 Å². The Hall–Kier alpha value is -2.71. The molecule has 0 bridgehead atoms. The molecule has 1 atom stereocenters. The first-order chi connectivity index (χ1) is 15.0. The van der Waals surface area contributed by atoms with Crippen LogP contribution in [-0.4, -0.2) is 39.0 Å². The molecule has 158 valence electrons. The molecule has 2 aromatic carbocycles. The summed E-state index contributed by atoms with van der Waals surface area (Å²) in [4.78, 5) is 20.7. The zero-order valence-electron chi connectivity index (χ0n) is 16.5. The number of benzene rings is 2. The van der Waals surface area contributed by atoms with Gasteiger partial charge in [0.15, 0.2) is 0 Å². The fourth-order valence-corrected chi connectivity index (χ4v) is 5.14. The maximum atomic E-state index is 13.2. The van der Waals surface area contributed by atoms with E-state index in [2.05, 4.69) is 9.88 Å². The Morgan fingerprint density at radius 2 is 1.97 bits per heavy atom. The number of fused-ring (bicyclic) bond motifs is 1. The van der Waals surface area contributed by atoms with Crippen molar-refractivity contribution in [3.05, 3.63) is 75.8 Å². The van der Waals surface area contributed by atoms with Gasteiger partial charge in [0.25, 0.3) is 5.56 Å². The molecule has 1 aliphatic rings. The van der Waals surface area contributed by atoms with Crippen molar-refractivity contribution in [2.24, 2.45) is 0 Å². The standard InChI is InChI=1S/C23H20ClN3O3S/c24-16-3-1-14(2-4-16)21-10-19-22(31-21)23(30)27(13-25-19)17-5-6-20(15(9-17)12-28)26-8-7-18(29)11-26/h1-6,9-10,13,18,28-29H,7-8,11-12H2/t18-/m1/s1. The van der Waals surface area contributed by atoms with Crippen molar-refractivity contribution in [1.29, 1.82) is 0 Å². The maximum absolute atomic E-state index is 13.2. The maximum Gasteiger partial charge on any atom is 0.275 e. The van der Waals surface area contributed by atoms with Crippen LogP contribution in [0.4, 0.5) is 5.69 Å². The molecule has 3 heterocycles. The summed E-state index contributed by atoms with van der Waals surface area (Å²) in [6.45, 7) is 1.13. The predicted octanol–water partition coefficient (Wildman–Crippen LogP) is 3.83. The second-order valence-corrected chi connectivity index (χ2v) is 9.10. The summed E-state index contributed by atoms with van der Waals surface area (Å²) in [7, 11) is 0. The normalized spacial score (nSPS) is 16.4. The van der Waals surface area contributed by atoms with Gasteiger partial charge in [-0.25, -0.2) is 4.98 Å². The van der Waals surface area contributed by atoms with Crippen LogP contribution in [0.15, 0.2) is 59.7 Å². The summed E-state index contributed by atoms with van der Waals surface area (Å²) in [5.74, 6) is 0. The van der Waals surface area contributed by atoms with E-state index in [-0.39, 0.29) is 18.3 Å². The Bertz CT molecular complexity index is 1320. The number of halogens is 1. The van der Waals surface area contributed by atoms with Crippen LogP contribution < -0.4 is 10.5 Å². The minimum absolute atomic E-state index is 0.150. The Labute approximate surface area is 187 Å². The molecule has 0 radical (unpaired) electrons. The lowest BCUT2D eigenvalue weighted by molar-refractivity contribution is 0.198. The molecule has 5 rings (SSSR count). The molecule has 2 N–H and O–H groups in total. The summed E-state index contributed by atoms with van der Waals surface area (Å²) < 4.78 is 2.08. The molecular formula is C23H20ClN3O3S. The van der Waals surface area contributed by atoms with Crippen LogP contribution in [0.1, 0.15) is 12.0 Å². The van der Waals surface area contributed by atoms with E-state index in [1.165, 1.54) is 22.2 Å². The molecule has 1 aliphatic heterocycles.